The van der Waals surface area contributed by atoms with Crippen LogP contribution in [-0.4, -0.2) is 52.7 Å². The molecule has 3 heterocycles. The van der Waals surface area contributed by atoms with E-state index in [0.717, 1.165) is 28.2 Å². The van der Waals surface area contributed by atoms with E-state index in [-0.39, 0.29) is 18.2 Å². The van der Waals surface area contributed by atoms with E-state index in [1.807, 2.05) is 57.4 Å². The van der Waals surface area contributed by atoms with Crippen molar-refractivity contribution in [2.45, 2.75) is 46.8 Å². The van der Waals surface area contributed by atoms with Crippen LogP contribution in [0.4, 0.5) is 10.6 Å². The standard InChI is InChI=1S/C23H30N4O2/c1-6-19(20-9-7-8-11-24-20)21-17(4)10-12-25-22(21)27-14-13-26(15-18(27)5)23(28)29-16(2)3/h6-12,16,18H,13-15H2,1-5H3/b19-6-. The molecule has 1 amide bonds. The summed E-state index contributed by atoms with van der Waals surface area (Å²) >= 11 is 0. The minimum absolute atomic E-state index is 0.114. The second kappa shape index (κ2) is 9.07. The molecule has 154 valence electrons. The van der Waals surface area contributed by atoms with Gasteiger partial charge in [0.2, 0.25) is 0 Å². The highest BCUT2D eigenvalue weighted by Gasteiger charge is 2.31. The zero-order chi connectivity index (χ0) is 21.0. The van der Waals surface area contributed by atoms with Gasteiger partial charge in [0.1, 0.15) is 5.82 Å². The van der Waals surface area contributed by atoms with Gasteiger partial charge in [-0.05, 0) is 58.4 Å². The molecule has 1 aliphatic heterocycles. The highest BCUT2D eigenvalue weighted by molar-refractivity contribution is 5.85. The summed E-state index contributed by atoms with van der Waals surface area (Å²) in [4.78, 5) is 25.7. The van der Waals surface area contributed by atoms with Gasteiger partial charge in [-0.3, -0.25) is 4.98 Å². The number of hydrogen-bond acceptors (Lipinski definition) is 5. The molecule has 6 nitrogen and oxygen atoms in total. The van der Waals surface area contributed by atoms with Crippen LogP contribution in [0, 0.1) is 6.92 Å². The summed E-state index contributed by atoms with van der Waals surface area (Å²) in [5, 5.41) is 0. The largest absolute Gasteiger partial charge is 0.447 e. The molecule has 0 spiro atoms. The molecular formula is C23H30N4O2. The molecule has 1 unspecified atom stereocenters. The van der Waals surface area contributed by atoms with Crippen LogP contribution in [0.3, 0.4) is 0 Å². The number of allylic oxidation sites excluding steroid dienone is 1. The highest BCUT2D eigenvalue weighted by atomic mass is 16.6. The Hall–Kier alpha value is -2.89. The first kappa shape index (κ1) is 20.8. The fourth-order valence-corrected chi connectivity index (χ4v) is 3.75. The molecule has 1 atom stereocenters. The van der Waals surface area contributed by atoms with Gasteiger partial charge in [-0.25, -0.2) is 9.78 Å². The number of anilines is 1. The summed E-state index contributed by atoms with van der Waals surface area (Å²) in [7, 11) is 0. The first-order valence-corrected chi connectivity index (χ1v) is 10.2. The Kier molecular flexibility index (Phi) is 6.52. The maximum absolute atomic E-state index is 12.3. The smallest absolute Gasteiger partial charge is 0.410 e. The number of carbonyl (C=O) groups excluding carboxylic acids is 1. The van der Waals surface area contributed by atoms with Crippen LogP contribution in [-0.2, 0) is 4.74 Å². The van der Waals surface area contributed by atoms with Gasteiger partial charge in [-0.1, -0.05) is 12.1 Å². The molecule has 0 aromatic carbocycles. The van der Waals surface area contributed by atoms with Gasteiger partial charge in [-0.2, -0.15) is 0 Å². The van der Waals surface area contributed by atoms with Gasteiger partial charge < -0.3 is 14.5 Å². The third-order valence-electron chi connectivity index (χ3n) is 5.13. The summed E-state index contributed by atoms with van der Waals surface area (Å²) in [6.45, 7) is 11.9. The van der Waals surface area contributed by atoms with Crippen molar-refractivity contribution in [2.75, 3.05) is 24.5 Å². The van der Waals surface area contributed by atoms with Crippen LogP contribution in [0.1, 0.15) is 44.5 Å². The number of amides is 1. The van der Waals surface area contributed by atoms with E-state index in [9.17, 15) is 4.79 Å². The molecule has 2 aromatic heterocycles. The predicted molar refractivity (Wildman–Crippen MR) is 116 cm³/mol. The zero-order valence-corrected chi connectivity index (χ0v) is 17.9. The Bertz CT molecular complexity index is 880. The van der Waals surface area contributed by atoms with Crippen molar-refractivity contribution in [3.05, 3.63) is 59.6 Å². The molecule has 0 bridgehead atoms. The third-order valence-corrected chi connectivity index (χ3v) is 5.13. The van der Waals surface area contributed by atoms with Crippen molar-refractivity contribution in [1.82, 2.24) is 14.9 Å². The summed E-state index contributed by atoms with van der Waals surface area (Å²) in [5.74, 6) is 0.938. The lowest BCUT2D eigenvalue weighted by molar-refractivity contribution is 0.0714. The molecule has 1 saturated heterocycles. The van der Waals surface area contributed by atoms with Crippen LogP contribution >= 0.6 is 0 Å². The second-order valence-corrected chi connectivity index (χ2v) is 7.66. The summed E-state index contributed by atoms with van der Waals surface area (Å²) < 4.78 is 5.37. The number of aromatic nitrogens is 2. The van der Waals surface area contributed by atoms with E-state index in [4.69, 9.17) is 9.72 Å². The lowest BCUT2D eigenvalue weighted by atomic mass is 9.97. The average Bonchev–Trinajstić information content (AvgIpc) is 2.70. The number of nitrogens with zero attached hydrogens (tertiary/aromatic N) is 4. The third kappa shape index (κ3) is 4.58. The number of piperazine rings is 1. The van der Waals surface area contributed by atoms with Crippen LogP contribution in [0.2, 0.25) is 0 Å². The van der Waals surface area contributed by atoms with E-state index in [0.29, 0.717) is 19.6 Å². The van der Waals surface area contributed by atoms with Gasteiger partial charge in [0.25, 0.3) is 0 Å². The summed E-state index contributed by atoms with van der Waals surface area (Å²) in [6, 6.07) is 8.10. The fraction of sp³-hybridized carbons (Fsp3) is 0.435. The SMILES string of the molecule is C/C=C(/c1ccccn1)c1c(C)ccnc1N1CCN(C(=O)OC(C)C)CC1C. The van der Waals surface area contributed by atoms with Gasteiger partial charge >= 0.3 is 6.09 Å². The van der Waals surface area contributed by atoms with Gasteiger partial charge in [0.15, 0.2) is 0 Å². The normalized spacial score (nSPS) is 17.6. The van der Waals surface area contributed by atoms with Crippen molar-refractivity contribution >= 4 is 17.5 Å². The zero-order valence-electron chi connectivity index (χ0n) is 17.9. The first-order chi connectivity index (χ1) is 13.9. The van der Waals surface area contributed by atoms with Crippen LogP contribution in [0.25, 0.3) is 5.57 Å². The molecule has 1 fully saturated rings. The van der Waals surface area contributed by atoms with Crippen molar-refractivity contribution in [3.8, 4) is 0 Å². The van der Waals surface area contributed by atoms with E-state index >= 15 is 0 Å². The van der Waals surface area contributed by atoms with E-state index in [2.05, 4.69) is 29.8 Å². The van der Waals surface area contributed by atoms with Crippen LogP contribution in [0.15, 0.2) is 42.7 Å². The lowest BCUT2D eigenvalue weighted by Crippen LogP contribution is -2.54. The monoisotopic (exact) mass is 394 g/mol. The average molecular weight is 395 g/mol. The molecule has 6 heteroatoms. The molecular weight excluding hydrogens is 364 g/mol. The van der Waals surface area contributed by atoms with Crippen molar-refractivity contribution < 1.29 is 9.53 Å². The Balaban J connectivity index is 1.91. The maximum atomic E-state index is 12.3. The molecule has 0 radical (unpaired) electrons. The van der Waals surface area contributed by atoms with Gasteiger partial charge in [0.05, 0.1) is 11.8 Å². The number of hydrogen-bond donors (Lipinski definition) is 0. The van der Waals surface area contributed by atoms with E-state index < -0.39 is 0 Å². The Labute approximate surface area is 173 Å². The number of pyridine rings is 2. The van der Waals surface area contributed by atoms with Crippen LogP contribution in [0.5, 0.6) is 0 Å². The topological polar surface area (TPSA) is 58.6 Å². The van der Waals surface area contributed by atoms with Crippen LogP contribution < -0.4 is 4.90 Å². The summed E-state index contributed by atoms with van der Waals surface area (Å²) in [6.07, 6.45) is 5.40. The number of rotatable bonds is 4. The minimum atomic E-state index is -0.244. The Morgan fingerprint density at radius 2 is 2.00 bits per heavy atom. The lowest BCUT2D eigenvalue weighted by Gasteiger charge is -2.41. The maximum Gasteiger partial charge on any atom is 0.410 e. The molecule has 0 aliphatic carbocycles. The van der Waals surface area contributed by atoms with E-state index in [1.54, 1.807) is 4.90 Å². The first-order valence-electron chi connectivity index (χ1n) is 10.2. The Morgan fingerprint density at radius 1 is 1.21 bits per heavy atom. The molecule has 0 N–H and O–H groups in total. The van der Waals surface area contributed by atoms with Crippen molar-refractivity contribution in [2.24, 2.45) is 0 Å². The number of aryl methyl sites for hydroxylation is 1. The van der Waals surface area contributed by atoms with Gasteiger partial charge in [-0.15, -0.1) is 0 Å². The van der Waals surface area contributed by atoms with Crippen molar-refractivity contribution in [1.29, 1.82) is 0 Å². The number of carbonyl (C=O) groups is 1. The molecule has 29 heavy (non-hydrogen) atoms. The summed E-state index contributed by atoms with van der Waals surface area (Å²) in [5.41, 5.74) is 4.25. The Morgan fingerprint density at radius 3 is 2.62 bits per heavy atom. The fourth-order valence-electron chi connectivity index (χ4n) is 3.75. The predicted octanol–water partition coefficient (Wildman–Crippen LogP) is 4.29. The second-order valence-electron chi connectivity index (χ2n) is 7.66. The molecule has 2 aromatic rings. The number of ether oxygens (including phenoxy) is 1. The molecule has 3 rings (SSSR count). The minimum Gasteiger partial charge on any atom is -0.447 e. The molecule has 0 saturated carbocycles. The van der Waals surface area contributed by atoms with Crippen molar-refractivity contribution in [3.63, 3.8) is 0 Å². The van der Waals surface area contributed by atoms with Gasteiger partial charge in [0, 0.05) is 49.2 Å². The molecule has 1 aliphatic rings. The quantitative estimate of drug-likeness (QED) is 0.774. The van der Waals surface area contributed by atoms with E-state index in [1.165, 1.54) is 0 Å². The highest BCUT2D eigenvalue weighted by Crippen LogP contribution is 2.33.